The lowest BCUT2D eigenvalue weighted by molar-refractivity contribution is 0.298. The maximum absolute atomic E-state index is 11.2. The maximum Gasteiger partial charge on any atom is 0.0363 e. The smallest absolute Gasteiger partial charge is 0.0363 e. The van der Waals surface area contributed by atoms with Crippen molar-refractivity contribution in [3.8, 4) is 0 Å². The topological polar surface area (TPSA) is 32.3 Å². The highest BCUT2D eigenvalue weighted by Gasteiger charge is 2.13. The van der Waals surface area contributed by atoms with Crippen LogP contribution in [0.25, 0.3) is 0 Å². The normalized spacial score (nSPS) is 18.1. The van der Waals surface area contributed by atoms with Gasteiger partial charge in [-0.05, 0) is 25.1 Å². The highest BCUT2D eigenvalue weighted by Crippen LogP contribution is 2.05. The van der Waals surface area contributed by atoms with Gasteiger partial charge in [-0.3, -0.25) is 4.21 Å². The highest BCUT2D eigenvalue weighted by atomic mass is 32.2. The molecule has 1 N–H and O–H groups in total. The third-order valence-corrected chi connectivity index (χ3v) is 4.30. The van der Waals surface area contributed by atoms with Crippen LogP contribution < -0.4 is 5.32 Å². The summed E-state index contributed by atoms with van der Waals surface area (Å²) >= 11 is 0. The molecule has 0 atom stereocenters. The Bertz CT molecular complexity index is 346. The fraction of sp³-hybridized carbons (Fsp3) is 0.538. The van der Waals surface area contributed by atoms with E-state index in [0.717, 1.165) is 44.1 Å². The van der Waals surface area contributed by atoms with Gasteiger partial charge in [-0.2, -0.15) is 0 Å². The molecule has 1 aliphatic rings. The Morgan fingerprint density at radius 3 is 2.59 bits per heavy atom. The minimum absolute atomic E-state index is 0.555. The predicted octanol–water partition coefficient (Wildman–Crippen LogP) is 1.55. The molecule has 1 saturated heterocycles. The summed E-state index contributed by atoms with van der Waals surface area (Å²) < 4.78 is 11.2. The Hall–Kier alpha value is -0.870. The molecule has 0 unspecified atom stereocenters. The van der Waals surface area contributed by atoms with Crippen LogP contribution in [0, 0.1) is 0 Å². The van der Waals surface area contributed by atoms with Crippen LogP contribution in [0.5, 0.6) is 0 Å². The zero-order chi connectivity index (χ0) is 11.9. The molecule has 3 nitrogen and oxygen atoms in total. The Labute approximate surface area is 106 Å². The van der Waals surface area contributed by atoms with E-state index in [1.165, 1.54) is 5.69 Å². The summed E-state index contributed by atoms with van der Waals surface area (Å²) in [5, 5.41) is 3.41. The van der Waals surface area contributed by atoms with Gasteiger partial charge in [0.15, 0.2) is 0 Å². The minimum Gasteiger partial charge on any atom is -0.385 e. The zero-order valence-corrected chi connectivity index (χ0v) is 10.9. The molecule has 2 rings (SSSR count). The Morgan fingerprint density at radius 1 is 1.18 bits per heavy atom. The molecule has 1 aromatic carbocycles. The zero-order valence-electron chi connectivity index (χ0n) is 10.1. The Balaban J connectivity index is 1.59. The van der Waals surface area contributed by atoms with E-state index < -0.39 is 10.8 Å². The average molecular weight is 252 g/mol. The summed E-state index contributed by atoms with van der Waals surface area (Å²) in [6.07, 6.45) is 1.14. The lowest BCUT2D eigenvalue weighted by Crippen LogP contribution is -2.38. The molecule has 0 saturated carbocycles. The fourth-order valence-electron chi connectivity index (χ4n) is 1.99. The van der Waals surface area contributed by atoms with Gasteiger partial charge in [-0.1, -0.05) is 18.2 Å². The second-order valence-electron chi connectivity index (χ2n) is 4.34. The van der Waals surface area contributed by atoms with E-state index in [-0.39, 0.29) is 0 Å². The molecule has 0 aliphatic carbocycles. The maximum atomic E-state index is 11.2. The van der Waals surface area contributed by atoms with Crippen molar-refractivity contribution in [1.29, 1.82) is 0 Å². The lowest BCUT2D eigenvalue weighted by atomic mass is 10.3. The van der Waals surface area contributed by atoms with Gasteiger partial charge in [0, 0.05) is 47.6 Å². The number of hydrogen-bond acceptors (Lipinski definition) is 3. The number of rotatable bonds is 5. The second-order valence-corrected chi connectivity index (χ2v) is 6.03. The molecule has 1 aliphatic heterocycles. The highest BCUT2D eigenvalue weighted by molar-refractivity contribution is 7.85. The standard InChI is InChI=1S/C13H20N2OS/c16-17-11-9-15(10-12-17)8-4-7-14-13-5-2-1-3-6-13/h1-3,5-6,14H,4,7-12H2. The summed E-state index contributed by atoms with van der Waals surface area (Å²) in [6.45, 7) is 4.11. The van der Waals surface area contributed by atoms with Crippen LogP contribution in [0.3, 0.4) is 0 Å². The van der Waals surface area contributed by atoms with E-state index in [9.17, 15) is 4.21 Å². The SMILES string of the molecule is O=S1CCN(CCCNc2ccccc2)CC1. The van der Waals surface area contributed by atoms with Crippen LogP contribution in [0.1, 0.15) is 6.42 Å². The minimum atomic E-state index is -0.555. The van der Waals surface area contributed by atoms with Crippen molar-refractivity contribution < 1.29 is 4.21 Å². The molecule has 0 aromatic heterocycles. The van der Waals surface area contributed by atoms with Crippen molar-refractivity contribution in [2.24, 2.45) is 0 Å². The summed E-state index contributed by atoms with van der Waals surface area (Å²) in [7, 11) is -0.555. The number of benzene rings is 1. The van der Waals surface area contributed by atoms with Crippen molar-refractivity contribution in [3.63, 3.8) is 0 Å². The number of hydrogen-bond donors (Lipinski definition) is 1. The van der Waals surface area contributed by atoms with E-state index in [1.54, 1.807) is 0 Å². The van der Waals surface area contributed by atoms with Crippen LogP contribution in [-0.2, 0) is 10.8 Å². The van der Waals surface area contributed by atoms with Gasteiger partial charge >= 0.3 is 0 Å². The summed E-state index contributed by atoms with van der Waals surface area (Å²) in [5.41, 5.74) is 1.19. The van der Waals surface area contributed by atoms with Gasteiger partial charge in [0.1, 0.15) is 0 Å². The van der Waals surface area contributed by atoms with Crippen molar-refractivity contribution in [1.82, 2.24) is 4.90 Å². The first kappa shape index (κ1) is 12.6. The summed E-state index contributed by atoms with van der Waals surface area (Å²) in [6, 6.07) is 10.3. The molecule has 17 heavy (non-hydrogen) atoms. The molecule has 94 valence electrons. The molecule has 1 aromatic rings. The number of para-hydroxylation sites is 1. The molecular formula is C13H20N2OS. The average Bonchev–Trinajstić information content (AvgIpc) is 2.38. The van der Waals surface area contributed by atoms with E-state index >= 15 is 0 Å². The van der Waals surface area contributed by atoms with Gasteiger partial charge in [0.2, 0.25) is 0 Å². The van der Waals surface area contributed by atoms with Crippen molar-refractivity contribution in [2.45, 2.75) is 6.42 Å². The van der Waals surface area contributed by atoms with E-state index in [4.69, 9.17) is 0 Å². The summed E-state index contributed by atoms with van der Waals surface area (Å²) in [5.74, 6) is 1.71. The Kier molecular flexibility index (Phi) is 5.01. The summed E-state index contributed by atoms with van der Waals surface area (Å²) in [4.78, 5) is 2.41. The third-order valence-electron chi connectivity index (χ3n) is 3.02. The van der Waals surface area contributed by atoms with Gasteiger partial charge in [0.25, 0.3) is 0 Å². The van der Waals surface area contributed by atoms with Crippen molar-refractivity contribution >= 4 is 16.5 Å². The first-order valence-electron chi connectivity index (χ1n) is 6.21. The van der Waals surface area contributed by atoms with Crippen molar-refractivity contribution in [2.75, 3.05) is 43.0 Å². The van der Waals surface area contributed by atoms with Crippen LogP contribution in [0.2, 0.25) is 0 Å². The molecule has 1 fully saturated rings. The van der Waals surface area contributed by atoms with Crippen LogP contribution in [0.4, 0.5) is 5.69 Å². The largest absolute Gasteiger partial charge is 0.385 e. The van der Waals surface area contributed by atoms with E-state index in [2.05, 4.69) is 22.3 Å². The molecule has 4 heteroatoms. The molecule has 1 heterocycles. The molecule has 0 spiro atoms. The van der Waals surface area contributed by atoms with E-state index in [0.29, 0.717) is 0 Å². The predicted molar refractivity (Wildman–Crippen MR) is 73.9 cm³/mol. The molecule has 0 amide bonds. The van der Waals surface area contributed by atoms with Gasteiger partial charge in [0.05, 0.1) is 0 Å². The molecular weight excluding hydrogens is 232 g/mol. The fourth-order valence-corrected chi connectivity index (χ4v) is 3.12. The third kappa shape index (κ3) is 4.48. The first-order valence-corrected chi connectivity index (χ1v) is 7.69. The Morgan fingerprint density at radius 2 is 1.88 bits per heavy atom. The lowest BCUT2D eigenvalue weighted by Gasteiger charge is -2.25. The monoisotopic (exact) mass is 252 g/mol. The van der Waals surface area contributed by atoms with Crippen LogP contribution in [-0.4, -0.2) is 46.8 Å². The number of nitrogens with zero attached hydrogens (tertiary/aromatic N) is 1. The number of nitrogens with one attached hydrogen (secondary N) is 1. The van der Waals surface area contributed by atoms with Crippen molar-refractivity contribution in [3.05, 3.63) is 30.3 Å². The quantitative estimate of drug-likeness (QED) is 0.807. The van der Waals surface area contributed by atoms with E-state index in [1.807, 2.05) is 18.2 Å². The second kappa shape index (κ2) is 6.77. The van der Waals surface area contributed by atoms with Gasteiger partial charge < -0.3 is 10.2 Å². The molecule has 0 bridgehead atoms. The molecule has 0 radical (unpaired) electrons. The number of anilines is 1. The van der Waals surface area contributed by atoms with Gasteiger partial charge in [-0.25, -0.2) is 0 Å². The van der Waals surface area contributed by atoms with Gasteiger partial charge in [-0.15, -0.1) is 0 Å². The van der Waals surface area contributed by atoms with Crippen LogP contribution in [0.15, 0.2) is 30.3 Å². The first-order chi connectivity index (χ1) is 8.34. The van der Waals surface area contributed by atoms with Crippen LogP contribution >= 0.6 is 0 Å².